The summed E-state index contributed by atoms with van der Waals surface area (Å²) in [5, 5.41) is 1.20. The number of hydrogen-bond acceptors (Lipinski definition) is 4. The molecule has 0 saturated carbocycles. The van der Waals surface area contributed by atoms with Crippen LogP contribution in [0.3, 0.4) is 0 Å². The summed E-state index contributed by atoms with van der Waals surface area (Å²) in [5.74, 6) is 0. The van der Waals surface area contributed by atoms with Gasteiger partial charge < -0.3 is 0 Å². The number of aromatic nitrogens is 1. The predicted molar refractivity (Wildman–Crippen MR) is 75.6 cm³/mol. The molecule has 0 radical (unpaired) electrons. The summed E-state index contributed by atoms with van der Waals surface area (Å²) in [7, 11) is 1.40. The second-order valence-electron chi connectivity index (χ2n) is 3.14. The van der Waals surface area contributed by atoms with Crippen molar-refractivity contribution < 1.29 is 8.42 Å². The normalized spacial score (nSPS) is 11.8. The number of hydrogen-bond donors (Lipinski definition) is 0. The maximum absolute atomic E-state index is 11.2. The Kier molecular flexibility index (Phi) is 4.11. The highest BCUT2D eigenvalue weighted by molar-refractivity contribution is 8.15. The standard InChI is InChI=1S/C9H3Cl4NO2S2/c10-4-1-2-5(11)8(12)7(4)9-14-3-6(17-9)18(13,15)16/h1-3H. The van der Waals surface area contributed by atoms with Gasteiger partial charge in [0.25, 0.3) is 9.05 Å². The van der Waals surface area contributed by atoms with Crippen LogP contribution in [0.2, 0.25) is 15.1 Å². The average Bonchev–Trinajstić information content (AvgIpc) is 2.73. The molecule has 1 aromatic heterocycles. The average molecular weight is 363 g/mol. The molecule has 2 rings (SSSR count). The van der Waals surface area contributed by atoms with E-state index in [4.69, 9.17) is 45.5 Å². The van der Waals surface area contributed by atoms with Gasteiger partial charge in [-0.2, -0.15) is 0 Å². The smallest absolute Gasteiger partial charge is 0.243 e. The van der Waals surface area contributed by atoms with E-state index in [9.17, 15) is 8.42 Å². The zero-order chi connectivity index (χ0) is 13.5. The van der Waals surface area contributed by atoms with Crippen LogP contribution < -0.4 is 0 Å². The monoisotopic (exact) mass is 361 g/mol. The van der Waals surface area contributed by atoms with Gasteiger partial charge in [0.2, 0.25) is 0 Å². The van der Waals surface area contributed by atoms with Gasteiger partial charge in [-0.3, -0.25) is 0 Å². The minimum absolute atomic E-state index is 0.0775. The number of thiazole rings is 1. The molecule has 18 heavy (non-hydrogen) atoms. The van der Waals surface area contributed by atoms with Crippen LogP contribution in [0.25, 0.3) is 10.6 Å². The topological polar surface area (TPSA) is 47.0 Å². The fourth-order valence-electron chi connectivity index (χ4n) is 1.21. The molecule has 0 N–H and O–H groups in total. The Morgan fingerprint density at radius 3 is 2.28 bits per heavy atom. The molecule has 0 aliphatic heterocycles. The fourth-order valence-corrected chi connectivity index (χ4v) is 3.96. The Morgan fingerprint density at radius 1 is 1.11 bits per heavy atom. The van der Waals surface area contributed by atoms with Crippen molar-refractivity contribution in [1.82, 2.24) is 4.98 Å². The molecule has 3 nitrogen and oxygen atoms in total. The Bertz CT molecular complexity index is 711. The molecule has 96 valence electrons. The Morgan fingerprint density at radius 2 is 1.72 bits per heavy atom. The van der Waals surface area contributed by atoms with E-state index >= 15 is 0 Å². The second kappa shape index (κ2) is 5.15. The number of rotatable bonds is 2. The largest absolute Gasteiger partial charge is 0.272 e. The van der Waals surface area contributed by atoms with E-state index in [0.29, 0.717) is 20.6 Å². The number of halogens is 4. The van der Waals surface area contributed by atoms with Crippen LogP contribution in [0.5, 0.6) is 0 Å². The Hall–Kier alpha value is -0.0400. The van der Waals surface area contributed by atoms with Gasteiger partial charge in [-0.1, -0.05) is 34.8 Å². The van der Waals surface area contributed by atoms with Crippen molar-refractivity contribution in [3.05, 3.63) is 33.4 Å². The van der Waals surface area contributed by atoms with E-state index in [2.05, 4.69) is 4.98 Å². The molecule has 0 bridgehead atoms. The van der Waals surface area contributed by atoms with E-state index < -0.39 is 9.05 Å². The van der Waals surface area contributed by atoms with Gasteiger partial charge in [-0.15, -0.1) is 11.3 Å². The Labute approximate surface area is 127 Å². The van der Waals surface area contributed by atoms with Crippen LogP contribution in [0.4, 0.5) is 0 Å². The molecule has 2 aromatic rings. The maximum Gasteiger partial charge on any atom is 0.272 e. The summed E-state index contributed by atoms with van der Waals surface area (Å²) >= 11 is 18.8. The molecule has 0 saturated heterocycles. The minimum atomic E-state index is -3.82. The van der Waals surface area contributed by atoms with E-state index in [-0.39, 0.29) is 9.23 Å². The van der Waals surface area contributed by atoms with Gasteiger partial charge in [0.05, 0.1) is 21.3 Å². The molecule has 1 aromatic carbocycles. The third-order valence-corrected chi connectivity index (χ3v) is 6.18. The molecule has 9 heteroatoms. The molecular formula is C9H3Cl4NO2S2. The van der Waals surface area contributed by atoms with Crippen LogP contribution in [0, 0.1) is 0 Å². The first-order chi connectivity index (χ1) is 8.30. The van der Waals surface area contributed by atoms with Crippen molar-refractivity contribution in [2.24, 2.45) is 0 Å². The van der Waals surface area contributed by atoms with Gasteiger partial charge in [0.15, 0.2) is 4.21 Å². The molecular weight excluding hydrogens is 360 g/mol. The molecule has 0 atom stereocenters. The summed E-state index contributed by atoms with van der Waals surface area (Å²) in [6.07, 6.45) is 1.15. The van der Waals surface area contributed by atoms with Crippen LogP contribution in [0.15, 0.2) is 22.5 Å². The lowest BCUT2D eigenvalue weighted by Gasteiger charge is -2.04. The molecule has 0 unspecified atom stereocenters. The predicted octanol–water partition coefficient (Wildman–Crippen LogP) is 4.70. The van der Waals surface area contributed by atoms with Crippen molar-refractivity contribution in [2.75, 3.05) is 0 Å². The van der Waals surface area contributed by atoms with Gasteiger partial charge >= 0.3 is 0 Å². The van der Waals surface area contributed by atoms with Crippen molar-refractivity contribution in [1.29, 1.82) is 0 Å². The van der Waals surface area contributed by atoms with Crippen LogP contribution in [0.1, 0.15) is 0 Å². The molecule has 0 amide bonds. The highest BCUT2D eigenvalue weighted by Gasteiger charge is 2.19. The van der Waals surface area contributed by atoms with Gasteiger partial charge in [0.1, 0.15) is 5.01 Å². The zero-order valence-corrected chi connectivity index (χ0v) is 13.0. The minimum Gasteiger partial charge on any atom is -0.243 e. The quantitative estimate of drug-likeness (QED) is 0.574. The first-order valence-corrected chi connectivity index (χ1v) is 8.61. The summed E-state index contributed by atoms with van der Waals surface area (Å²) in [5.41, 5.74) is 0.391. The van der Waals surface area contributed by atoms with Crippen molar-refractivity contribution in [2.45, 2.75) is 4.21 Å². The lowest BCUT2D eigenvalue weighted by molar-refractivity contribution is 0.611. The van der Waals surface area contributed by atoms with E-state index in [0.717, 1.165) is 17.5 Å². The molecule has 0 aliphatic rings. The first kappa shape index (κ1) is 14.4. The third-order valence-electron chi connectivity index (χ3n) is 1.98. The molecule has 0 aliphatic carbocycles. The summed E-state index contributed by atoms with van der Waals surface area (Å²) in [6, 6.07) is 3.10. The highest BCUT2D eigenvalue weighted by atomic mass is 35.7. The summed E-state index contributed by atoms with van der Waals surface area (Å²) in [4.78, 5) is 3.94. The first-order valence-electron chi connectivity index (χ1n) is 4.35. The molecule has 0 fully saturated rings. The summed E-state index contributed by atoms with van der Waals surface area (Å²) in [6.45, 7) is 0. The van der Waals surface area contributed by atoms with Crippen LogP contribution >= 0.6 is 56.8 Å². The van der Waals surface area contributed by atoms with E-state index in [1.807, 2.05) is 0 Å². The van der Waals surface area contributed by atoms with Crippen LogP contribution in [-0.4, -0.2) is 13.4 Å². The van der Waals surface area contributed by atoms with Crippen molar-refractivity contribution in [3.8, 4) is 10.6 Å². The van der Waals surface area contributed by atoms with E-state index in [1.165, 1.54) is 0 Å². The SMILES string of the molecule is O=S(=O)(Cl)c1cnc(-c2c(Cl)ccc(Cl)c2Cl)s1. The van der Waals surface area contributed by atoms with Gasteiger partial charge in [-0.05, 0) is 12.1 Å². The summed E-state index contributed by atoms with van der Waals surface area (Å²) < 4.78 is 22.2. The number of nitrogens with zero attached hydrogens (tertiary/aromatic N) is 1. The van der Waals surface area contributed by atoms with Crippen molar-refractivity contribution >= 4 is 65.9 Å². The maximum atomic E-state index is 11.2. The van der Waals surface area contributed by atoms with Gasteiger partial charge in [-0.25, -0.2) is 13.4 Å². The highest BCUT2D eigenvalue weighted by Crippen LogP contribution is 2.41. The number of benzene rings is 1. The second-order valence-corrected chi connectivity index (χ2v) is 8.16. The zero-order valence-electron chi connectivity index (χ0n) is 8.32. The van der Waals surface area contributed by atoms with Crippen LogP contribution in [-0.2, 0) is 9.05 Å². The van der Waals surface area contributed by atoms with Gasteiger partial charge in [0, 0.05) is 16.2 Å². The van der Waals surface area contributed by atoms with Crippen molar-refractivity contribution in [3.63, 3.8) is 0 Å². The third kappa shape index (κ3) is 2.76. The Balaban J connectivity index is 2.64. The fraction of sp³-hybridized carbons (Fsp3) is 0. The molecule has 0 spiro atoms. The van der Waals surface area contributed by atoms with E-state index in [1.54, 1.807) is 12.1 Å². The molecule has 1 heterocycles. The lowest BCUT2D eigenvalue weighted by Crippen LogP contribution is -1.83. The lowest BCUT2D eigenvalue weighted by atomic mass is 10.2.